The Morgan fingerprint density at radius 2 is 2.08 bits per heavy atom. The van der Waals surface area contributed by atoms with Crippen LogP contribution in [0.25, 0.3) is 0 Å². The van der Waals surface area contributed by atoms with Gasteiger partial charge >= 0.3 is 0 Å². The van der Waals surface area contributed by atoms with E-state index >= 15 is 0 Å². The number of carbonyl (C=O) groups is 1. The molecule has 0 aromatic carbocycles. The molecular formula is C8H19N3O. The number of primary amides is 1. The maximum absolute atomic E-state index is 10.3. The summed E-state index contributed by atoms with van der Waals surface area (Å²) in [5, 5.41) is 3.22. The molecule has 0 atom stereocenters. The highest BCUT2D eigenvalue weighted by Gasteiger charge is 1.93. The maximum Gasteiger partial charge on any atom is 0.217 e. The first-order chi connectivity index (χ1) is 5.63. The quantitative estimate of drug-likeness (QED) is 0.506. The fraction of sp³-hybridized carbons (Fsp3) is 0.875. The molecule has 0 aliphatic rings. The molecular weight excluding hydrogens is 154 g/mol. The van der Waals surface area contributed by atoms with Crippen LogP contribution in [0.2, 0.25) is 0 Å². The second-order valence-corrected chi connectivity index (χ2v) is 3.12. The van der Waals surface area contributed by atoms with Crippen molar-refractivity contribution in [1.82, 2.24) is 10.2 Å². The van der Waals surface area contributed by atoms with Gasteiger partial charge in [0.25, 0.3) is 0 Å². The molecule has 0 heterocycles. The summed E-state index contributed by atoms with van der Waals surface area (Å²) in [4.78, 5) is 12.4. The second-order valence-electron chi connectivity index (χ2n) is 3.12. The Morgan fingerprint density at radius 1 is 1.42 bits per heavy atom. The van der Waals surface area contributed by atoms with Crippen LogP contribution in [0.1, 0.15) is 12.8 Å². The van der Waals surface area contributed by atoms with Gasteiger partial charge in [0.15, 0.2) is 0 Å². The Balaban J connectivity index is 2.96. The molecule has 0 saturated carbocycles. The van der Waals surface area contributed by atoms with Gasteiger partial charge in [0.2, 0.25) is 5.91 Å². The predicted molar refractivity (Wildman–Crippen MR) is 49.9 cm³/mol. The topological polar surface area (TPSA) is 58.4 Å². The SMILES string of the molecule is CN(C)CCNCCCC(N)=O. The molecule has 3 N–H and O–H groups in total. The number of hydrogen-bond acceptors (Lipinski definition) is 3. The summed E-state index contributed by atoms with van der Waals surface area (Å²) < 4.78 is 0. The molecule has 4 heteroatoms. The van der Waals surface area contributed by atoms with Crippen molar-refractivity contribution < 1.29 is 4.79 Å². The zero-order chi connectivity index (χ0) is 9.40. The lowest BCUT2D eigenvalue weighted by molar-refractivity contribution is -0.118. The van der Waals surface area contributed by atoms with E-state index in [9.17, 15) is 4.79 Å². The normalized spacial score (nSPS) is 10.6. The highest BCUT2D eigenvalue weighted by molar-refractivity contribution is 5.73. The van der Waals surface area contributed by atoms with E-state index in [0.29, 0.717) is 6.42 Å². The van der Waals surface area contributed by atoms with Crippen LogP contribution >= 0.6 is 0 Å². The lowest BCUT2D eigenvalue weighted by Gasteiger charge is -2.09. The molecule has 0 aromatic heterocycles. The lowest BCUT2D eigenvalue weighted by atomic mass is 10.3. The van der Waals surface area contributed by atoms with Gasteiger partial charge in [-0.25, -0.2) is 0 Å². The summed E-state index contributed by atoms with van der Waals surface area (Å²) in [6.07, 6.45) is 1.32. The fourth-order valence-electron chi connectivity index (χ4n) is 0.815. The Labute approximate surface area is 74.1 Å². The minimum atomic E-state index is -0.218. The number of likely N-dealkylation sites (N-methyl/N-ethyl adjacent to an activating group) is 1. The molecule has 0 saturated heterocycles. The first kappa shape index (κ1) is 11.4. The summed E-state index contributed by atoms with van der Waals surface area (Å²) in [6, 6.07) is 0. The highest BCUT2D eigenvalue weighted by Crippen LogP contribution is 1.83. The van der Waals surface area contributed by atoms with Gasteiger partial charge < -0.3 is 16.0 Å². The fourth-order valence-corrected chi connectivity index (χ4v) is 0.815. The number of nitrogens with zero attached hydrogens (tertiary/aromatic N) is 1. The van der Waals surface area contributed by atoms with E-state index in [4.69, 9.17) is 5.73 Å². The highest BCUT2D eigenvalue weighted by atomic mass is 16.1. The van der Waals surface area contributed by atoms with Crippen LogP contribution in [-0.2, 0) is 4.79 Å². The third kappa shape index (κ3) is 9.39. The number of amides is 1. The van der Waals surface area contributed by atoms with Gasteiger partial charge in [-0.3, -0.25) is 4.79 Å². The number of rotatable bonds is 7. The first-order valence-corrected chi connectivity index (χ1v) is 4.26. The van der Waals surface area contributed by atoms with Gasteiger partial charge in [0.05, 0.1) is 0 Å². The van der Waals surface area contributed by atoms with E-state index in [-0.39, 0.29) is 5.91 Å². The van der Waals surface area contributed by atoms with Gasteiger partial charge in [0.1, 0.15) is 0 Å². The molecule has 0 aliphatic heterocycles. The monoisotopic (exact) mass is 173 g/mol. The molecule has 0 bridgehead atoms. The van der Waals surface area contributed by atoms with Gasteiger partial charge in [0, 0.05) is 19.5 Å². The van der Waals surface area contributed by atoms with E-state index in [0.717, 1.165) is 26.1 Å². The third-order valence-electron chi connectivity index (χ3n) is 1.51. The van der Waals surface area contributed by atoms with Gasteiger partial charge in [-0.05, 0) is 27.1 Å². The molecule has 72 valence electrons. The molecule has 12 heavy (non-hydrogen) atoms. The molecule has 0 spiro atoms. The maximum atomic E-state index is 10.3. The Kier molecular flexibility index (Phi) is 6.70. The third-order valence-corrected chi connectivity index (χ3v) is 1.51. The van der Waals surface area contributed by atoms with Crippen LogP contribution in [0.5, 0.6) is 0 Å². The molecule has 0 aromatic rings. The first-order valence-electron chi connectivity index (χ1n) is 4.26. The van der Waals surface area contributed by atoms with Crippen LogP contribution in [0.4, 0.5) is 0 Å². The Morgan fingerprint density at radius 3 is 2.58 bits per heavy atom. The molecule has 0 unspecified atom stereocenters. The molecule has 0 aliphatic carbocycles. The van der Waals surface area contributed by atoms with Crippen LogP contribution in [0, 0.1) is 0 Å². The van der Waals surface area contributed by atoms with Crippen LogP contribution in [-0.4, -0.2) is 44.5 Å². The molecule has 0 rings (SSSR count). The van der Waals surface area contributed by atoms with Crippen LogP contribution in [0.15, 0.2) is 0 Å². The smallest absolute Gasteiger partial charge is 0.217 e. The average Bonchev–Trinajstić information content (AvgIpc) is 1.95. The molecule has 4 nitrogen and oxygen atoms in total. The summed E-state index contributed by atoms with van der Waals surface area (Å²) in [6.45, 7) is 2.86. The van der Waals surface area contributed by atoms with Crippen molar-refractivity contribution >= 4 is 5.91 Å². The summed E-state index contributed by atoms with van der Waals surface area (Å²) in [5.41, 5.74) is 4.98. The van der Waals surface area contributed by atoms with E-state index < -0.39 is 0 Å². The second kappa shape index (κ2) is 7.06. The molecule has 0 fully saturated rings. The van der Waals surface area contributed by atoms with Crippen molar-refractivity contribution in [1.29, 1.82) is 0 Å². The summed E-state index contributed by atoms with van der Waals surface area (Å²) >= 11 is 0. The van der Waals surface area contributed by atoms with Gasteiger partial charge in [-0.2, -0.15) is 0 Å². The van der Waals surface area contributed by atoms with Gasteiger partial charge in [-0.15, -0.1) is 0 Å². The predicted octanol–water partition coefficient (Wildman–Crippen LogP) is -0.597. The van der Waals surface area contributed by atoms with Crippen molar-refractivity contribution in [2.75, 3.05) is 33.7 Å². The van der Waals surface area contributed by atoms with Crippen molar-refractivity contribution in [3.05, 3.63) is 0 Å². The van der Waals surface area contributed by atoms with Gasteiger partial charge in [-0.1, -0.05) is 0 Å². The van der Waals surface area contributed by atoms with E-state index in [1.54, 1.807) is 0 Å². The van der Waals surface area contributed by atoms with Crippen molar-refractivity contribution in [2.45, 2.75) is 12.8 Å². The minimum absolute atomic E-state index is 0.218. The number of nitrogens with two attached hydrogens (primary N) is 1. The van der Waals surface area contributed by atoms with Crippen LogP contribution < -0.4 is 11.1 Å². The summed E-state index contributed by atoms with van der Waals surface area (Å²) in [5.74, 6) is -0.218. The lowest BCUT2D eigenvalue weighted by Crippen LogP contribution is -2.27. The largest absolute Gasteiger partial charge is 0.370 e. The molecule has 1 amide bonds. The minimum Gasteiger partial charge on any atom is -0.370 e. The summed E-state index contributed by atoms with van der Waals surface area (Å²) in [7, 11) is 4.07. The van der Waals surface area contributed by atoms with E-state index in [2.05, 4.69) is 10.2 Å². The van der Waals surface area contributed by atoms with Crippen molar-refractivity contribution in [3.8, 4) is 0 Å². The number of hydrogen-bond donors (Lipinski definition) is 2. The van der Waals surface area contributed by atoms with Crippen molar-refractivity contribution in [2.24, 2.45) is 5.73 Å². The number of nitrogens with one attached hydrogen (secondary N) is 1. The Hall–Kier alpha value is -0.610. The van der Waals surface area contributed by atoms with E-state index in [1.807, 2.05) is 14.1 Å². The zero-order valence-corrected chi connectivity index (χ0v) is 7.97. The standard InChI is InChI=1S/C8H19N3O/c1-11(2)7-6-10-5-3-4-8(9)12/h10H,3-7H2,1-2H3,(H2,9,12). The average molecular weight is 173 g/mol. The zero-order valence-electron chi connectivity index (χ0n) is 7.97. The Bertz CT molecular complexity index is 125. The van der Waals surface area contributed by atoms with Crippen molar-refractivity contribution in [3.63, 3.8) is 0 Å². The van der Waals surface area contributed by atoms with E-state index in [1.165, 1.54) is 0 Å². The number of carbonyl (C=O) groups excluding carboxylic acids is 1. The van der Waals surface area contributed by atoms with Crippen LogP contribution in [0.3, 0.4) is 0 Å². The molecule has 0 radical (unpaired) electrons.